The molecule has 1 aliphatic rings. The van der Waals surface area contributed by atoms with E-state index in [1.165, 1.54) is 0 Å². The third-order valence-corrected chi connectivity index (χ3v) is 4.61. The van der Waals surface area contributed by atoms with Gasteiger partial charge in [0.1, 0.15) is 17.6 Å². The fourth-order valence-electron chi connectivity index (χ4n) is 2.84. The quantitative estimate of drug-likeness (QED) is 0.670. The minimum Gasteiger partial charge on any atom is -0.374 e. The van der Waals surface area contributed by atoms with Crippen molar-refractivity contribution in [3.8, 4) is 0 Å². The van der Waals surface area contributed by atoms with Gasteiger partial charge < -0.3 is 18.9 Å². The summed E-state index contributed by atoms with van der Waals surface area (Å²) in [5.74, 6) is 0. The van der Waals surface area contributed by atoms with Crippen molar-refractivity contribution in [1.29, 1.82) is 0 Å². The fraction of sp³-hybridized carbons (Fsp3) is 0.400. The van der Waals surface area contributed by atoms with Gasteiger partial charge in [-0.05, 0) is 11.1 Å². The van der Waals surface area contributed by atoms with Crippen LogP contribution in [0, 0.1) is 0 Å². The van der Waals surface area contributed by atoms with Gasteiger partial charge in [0.2, 0.25) is 0 Å². The van der Waals surface area contributed by atoms with E-state index in [9.17, 15) is 0 Å². The van der Waals surface area contributed by atoms with Crippen LogP contribution in [0.5, 0.6) is 0 Å². The van der Waals surface area contributed by atoms with Crippen molar-refractivity contribution in [1.82, 2.24) is 0 Å². The van der Waals surface area contributed by atoms with Crippen LogP contribution in [-0.4, -0.2) is 37.6 Å². The zero-order chi connectivity index (χ0) is 17.5. The number of ether oxygens (including phenoxy) is 4. The Kier molecular flexibility index (Phi) is 6.84. The first-order valence-electron chi connectivity index (χ1n) is 8.37. The predicted octanol–water partition coefficient (Wildman–Crippen LogP) is 3.77. The molecule has 0 N–H and O–H groups in total. The smallest absolute Gasteiger partial charge is 0.176 e. The maximum absolute atomic E-state index is 6.47. The van der Waals surface area contributed by atoms with Crippen LogP contribution in [0.1, 0.15) is 11.1 Å². The van der Waals surface area contributed by atoms with E-state index in [1.54, 1.807) is 7.11 Å². The highest BCUT2D eigenvalue weighted by atomic mass is 35.5. The van der Waals surface area contributed by atoms with E-state index < -0.39 is 6.29 Å². The zero-order valence-electron chi connectivity index (χ0n) is 14.2. The molecular formula is C20H23ClO4. The maximum atomic E-state index is 6.47. The average molecular weight is 363 g/mol. The molecule has 0 amide bonds. The Balaban J connectivity index is 1.55. The molecule has 25 heavy (non-hydrogen) atoms. The van der Waals surface area contributed by atoms with Crippen molar-refractivity contribution < 1.29 is 18.9 Å². The Morgan fingerprint density at radius 2 is 1.52 bits per heavy atom. The molecular weight excluding hydrogens is 340 g/mol. The highest BCUT2D eigenvalue weighted by molar-refractivity contribution is 6.21. The van der Waals surface area contributed by atoms with Gasteiger partial charge in [-0.2, -0.15) is 0 Å². The monoisotopic (exact) mass is 362 g/mol. The minimum absolute atomic E-state index is 0.264. The van der Waals surface area contributed by atoms with E-state index in [-0.39, 0.29) is 17.6 Å². The van der Waals surface area contributed by atoms with Crippen LogP contribution in [0.2, 0.25) is 0 Å². The number of hydrogen-bond acceptors (Lipinski definition) is 4. The molecule has 134 valence electrons. The Morgan fingerprint density at radius 3 is 2.12 bits per heavy atom. The van der Waals surface area contributed by atoms with Gasteiger partial charge in [0.15, 0.2) is 6.29 Å². The number of hydrogen-bond donors (Lipinski definition) is 0. The number of halogens is 1. The fourth-order valence-corrected chi connectivity index (χ4v) is 3.23. The van der Waals surface area contributed by atoms with E-state index in [4.69, 9.17) is 30.5 Å². The van der Waals surface area contributed by atoms with Gasteiger partial charge in [0.25, 0.3) is 0 Å². The van der Waals surface area contributed by atoms with Gasteiger partial charge in [-0.1, -0.05) is 60.7 Å². The number of rotatable bonds is 8. The van der Waals surface area contributed by atoms with Gasteiger partial charge in [-0.15, -0.1) is 11.6 Å². The molecule has 2 aromatic rings. The van der Waals surface area contributed by atoms with Gasteiger partial charge in [0.05, 0.1) is 19.8 Å². The summed E-state index contributed by atoms with van der Waals surface area (Å²) < 4.78 is 23.0. The van der Waals surface area contributed by atoms with E-state index in [0.29, 0.717) is 19.8 Å². The van der Waals surface area contributed by atoms with Gasteiger partial charge in [0, 0.05) is 7.11 Å². The van der Waals surface area contributed by atoms with Crippen LogP contribution in [0.3, 0.4) is 0 Å². The zero-order valence-corrected chi connectivity index (χ0v) is 15.0. The van der Waals surface area contributed by atoms with Crippen LogP contribution >= 0.6 is 11.6 Å². The summed E-state index contributed by atoms with van der Waals surface area (Å²) in [4.78, 5) is 0. The topological polar surface area (TPSA) is 36.9 Å². The van der Waals surface area contributed by atoms with E-state index in [0.717, 1.165) is 11.1 Å². The number of methoxy groups -OCH3 is 1. The van der Waals surface area contributed by atoms with Crippen molar-refractivity contribution in [2.24, 2.45) is 0 Å². The first kappa shape index (κ1) is 18.4. The van der Waals surface area contributed by atoms with E-state index >= 15 is 0 Å². The molecule has 1 fully saturated rings. The van der Waals surface area contributed by atoms with Crippen molar-refractivity contribution in [2.45, 2.75) is 37.1 Å². The van der Waals surface area contributed by atoms with Crippen LogP contribution < -0.4 is 0 Å². The summed E-state index contributed by atoms with van der Waals surface area (Å²) in [7, 11) is 1.58. The van der Waals surface area contributed by atoms with Crippen molar-refractivity contribution in [3.05, 3.63) is 71.8 Å². The first-order valence-corrected chi connectivity index (χ1v) is 8.81. The molecule has 1 unspecified atom stereocenters. The highest BCUT2D eigenvalue weighted by Crippen LogP contribution is 2.30. The van der Waals surface area contributed by atoms with Gasteiger partial charge in [-0.3, -0.25) is 0 Å². The standard InChI is InChI=1S/C20H23ClO4/c1-22-20-18(21)19(24-13-16-10-6-3-7-11-16)17(25-20)14-23-12-15-8-4-2-5-9-15/h2-11,17-20H,12-14H2,1H3/t17-,18+,19-,20?/m1/s1. The van der Waals surface area contributed by atoms with Crippen LogP contribution in [0.4, 0.5) is 0 Å². The molecule has 0 aliphatic carbocycles. The second-order valence-electron chi connectivity index (χ2n) is 5.98. The van der Waals surface area contributed by atoms with Crippen molar-refractivity contribution in [2.75, 3.05) is 13.7 Å². The summed E-state index contributed by atoms with van der Waals surface area (Å²) in [5.41, 5.74) is 2.21. The van der Waals surface area contributed by atoms with Crippen molar-refractivity contribution >= 4 is 11.6 Å². The normalized spacial score (nSPS) is 26.0. The molecule has 4 atom stereocenters. The molecule has 5 heteroatoms. The van der Waals surface area contributed by atoms with Gasteiger partial charge in [-0.25, -0.2) is 0 Å². The molecule has 3 rings (SSSR count). The minimum atomic E-state index is -0.493. The van der Waals surface area contributed by atoms with Gasteiger partial charge >= 0.3 is 0 Å². The summed E-state index contributed by atoms with van der Waals surface area (Å²) in [5, 5.41) is -0.376. The molecule has 4 nitrogen and oxygen atoms in total. The second-order valence-corrected chi connectivity index (χ2v) is 6.49. The summed E-state index contributed by atoms with van der Waals surface area (Å²) in [6, 6.07) is 20.0. The predicted molar refractivity (Wildman–Crippen MR) is 96.4 cm³/mol. The second kappa shape index (κ2) is 9.32. The summed E-state index contributed by atoms with van der Waals surface area (Å²) in [6.07, 6.45) is -1.05. The lowest BCUT2D eigenvalue weighted by Crippen LogP contribution is -2.34. The summed E-state index contributed by atoms with van der Waals surface area (Å²) >= 11 is 6.47. The lowest BCUT2D eigenvalue weighted by Gasteiger charge is -2.20. The van der Waals surface area contributed by atoms with Crippen LogP contribution in [-0.2, 0) is 32.2 Å². The van der Waals surface area contributed by atoms with Crippen molar-refractivity contribution in [3.63, 3.8) is 0 Å². The lowest BCUT2D eigenvalue weighted by atomic mass is 10.1. The Bertz CT molecular complexity index is 622. The molecule has 0 bridgehead atoms. The molecule has 2 aromatic carbocycles. The molecule has 1 aliphatic heterocycles. The van der Waals surface area contributed by atoms with E-state index in [1.807, 2.05) is 60.7 Å². The number of alkyl halides is 1. The Morgan fingerprint density at radius 1 is 0.920 bits per heavy atom. The van der Waals surface area contributed by atoms with Crippen LogP contribution in [0.25, 0.3) is 0 Å². The summed E-state index contributed by atoms with van der Waals surface area (Å²) in [6.45, 7) is 1.40. The largest absolute Gasteiger partial charge is 0.374 e. The molecule has 0 spiro atoms. The number of benzene rings is 2. The van der Waals surface area contributed by atoms with E-state index in [2.05, 4.69) is 0 Å². The molecule has 1 saturated heterocycles. The SMILES string of the molecule is COC1O[C@H](COCc2ccccc2)[C@@H](OCc2ccccc2)[C@@H]1Cl. The maximum Gasteiger partial charge on any atom is 0.176 e. The molecule has 0 saturated carbocycles. The molecule has 0 aromatic heterocycles. The first-order chi connectivity index (χ1) is 12.3. The highest BCUT2D eigenvalue weighted by Gasteiger charge is 2.44. The third-order valence-electron chi connectivity index (χ3n) is 4.16. The Labute approximate surface area is 153 Å². The lowest BCUT2D eigenvalue weighted by molar-refractivity contribution is -0.137. The Hall–Kier alpha value is -1.43. The average Bonchev–Trinajstić information content (AvgIpc) is 2.97. The third kappa shape index (κ3) is 5.03. The molecule has 1 heterocycles. The molecule has 0 radical (unpaired) electrons. The van der Waals surface area contributed by atoms with Crippen LogP contribution in [0.15, 0.2) is 60.7 Å².